The molecule has 2 amide bonds. The third-order valence-electron chi connectivity index (χ3n) is 4.75. The van der Waals surface area contributed by atoms with Crippen LogP contribution in [0.5, 0.6) is 0 Å². The number of pyridine rings is 1. The Morgan fingerprint density at radius 1 is 1.28 bits per heavy atom. The molecule has 1 aromatic heterocycles. The smallest absolute Gasteiger partial charge is 0.321 e. The number of hydrogen-bond acceptors (Lipinski definition) is 3. The van der Waals surface area contributed by atoms with Crippen molar-refractivity contribution in [2.45, 2.75) is 25.9 Å². The van der Waals surface area contributed by atoms with E-state index in [1.165, 1.54) is 12.1 Å². The van der Waals surface area contributed by atoms with Crippen LogP contribution < -0.4 is 5.32 Å². The summed E-state index contributed by atoms with van der Waals surface area (Å²) < 4.78 is 13.0. The van der Waals surface area contributed by atoms with Crippen molar-refractivity contribution < 1.29 is 14.3 Å². The molecule has 1 aromatic carbocycles. The monoisotopic (exact) mass is 343 g/mol. The number of aliphatic hydroxyl groups is 1. The van der Waals surface area contributed by atoms with E-state index in [9.17, 15) is 14.3 Å². The predicted octanol–water partition coefficient (Wildman–Crippen LogP) is 3.51. The lowest BCUT2D eigenvalue weighted by Gasteiger charge is -2.34. The fraction of sp³-hybridized carbons (Fsp3) is 0.368. The molecule has 1 aliphatic heterocycles. The molecular formula is C19H22FN3O2. The number of anilines is 1. The molecule has 2 aromatic rings. The highest BCUT2D eigenvalue weighted by Crippen LogP contribution is 2.31. The molecule has 132 valence electrons. The molecule has 0 radical (unpaired) electrons. The molecule has 1 aliphatic rings. The van der Waals surface area contributed by atoms with Gasteiger partial charge in [0.15, 0.2) is 0 Å². The number of aliphatic hydroxyl groups excluding tert-OH is 1. The highest BCUT2D eigenvalue weighted by atomic mass is 19.1. The summed E-state index contributed by atoms with van der Waals surface area (Å²) >= 11 is 0. The van der Waals surface area contributed by atoms with Gasteiger partial charge in [-0.25, -0.2) is 9.18 Å². The number of benzene rings is 1. The number of carbonyl (C=O) groups is 1. The number of urea groups is 1. The molecule has 1 fully saturated rings. The third-order valence-corrected chi connectivity index (χ3v) is 4.75. The highest BCUT2D eigenvalue weighted by Gasteiger charge is 2.28. The van der Waals surface area contributed by atoms with Gasteiger partial charge in [-0.1, -0.05) is 12.1 Å². The summed E-state index contributed by atoms with van der Waals surface area (Å²) in [6.45, 7) is 3.06. The van der Waals surface area contributed by atoms with Crippen LogP contribution in [0.3, 0.4) is 0 Å². The molecule has 6 heteroatoms. The Morgan fingerprint density at radius 3 is 2.60 bits per heavy atom. The topological polar surface area (TPSA) is 65.5 Å². The van der Waals surface area contributed by atoms with Crippen molar-refractivity contribution in [3.8, 4) is 0 Å². The molecule has 1 atom stereocenters. The summed E-state index contributed by atoms with van der Waals surface area (Å²) in [5.74, 6) is -0.244. The second-order valence-corrected chi connectivity index (χ2v) is 6.44. The average Bonchev–Trinajstić information content (AvgIpc) is 2.64. The van der Waals surface area contributed by atoms with Crippen LogP contribution in [-0.4, -0.2) is 34.1 Å². The Bertz CT molecular complexity index is 728. The zero-order valence-corrected chi connectivity index (χ0v) is 14.2. The largest absolute Gasteiger partial charge is 0.388 e. The first kappa shape index (κ1) is 17.4. The van der Waals surface area contributed by atoms with E-state index in [2.05, 4.69) is 10.3 Å². The zero-order chi connectivity index (χ0) is 17.8. The SMILES string of the molecule is Cc1cnccc1NC(=O)N1CCC(C(O)c2ccc(F)cc2)CC1. The summed E-state index contributed by atoms with van der Waals surface area (Å²) in [5.41, 5.74) is 2.39. The summed E-state index contributed by atoms with van der Waals surface area (Å²) in [4.78, 5) is 18.2. The van der Waals surface area contributed by atoms with E-state index in [0.717, 1.165) is 16.8 Å². The van der Waals surface area contributed by atoms with Crippen LogP contribution >= 0.6 is 0 Å². The van der Waals surface area contributed by atoms with Gasteiger partial charge in [0, 0.05) is 31.2 Å². The normalized spacial score (nSPS) is 16.5. The van der Waals surface area contributed by atoms with Crippen LogP contribution in [0.2, 0.25) is 0 Å². The number of aryl methyl sites for hydroxylation is 1. The van der Waals surface area contributed by atoms with E-state index in [4.69, 9.17) is 0 Å². The number of nitrogens with zero attached hydrogens (tertiary/aromatic N) is 2. The van der Waals surface area contributed by atoms with Gasteiger partial charge in [0.1, 0.15) is 5.82 Å². The molecule has 5 nitrogen and oxygen atoms in total. The molecule has 0 bridgehead atoms. The Balaban J connectivity index is 1.55. The number of nitrogens with one attached hydrogen (secondary N) is 1. The maximum Gasteiger partial charge on any atom is 0.321 e. The number of piperidine rings is 1. The van der Waals surface area contributed by atoms with Gasteiger partial charge in [-0.15, -0.1) is 0 Å². The Labute approximate surface area is 146 Å². The molecule has 0 spiro atoms. The zero-order valence-electron chi connectivity index (χ0n) is 14.2. The lowest BCUT2D eigenvalue weighted by Crippen LogP contribution is -2.42. The first-order valence-electron chi connectivity index (χ1n) is 8.44. The molecule has 1 saturated heterocycles. The van der Waals surface area contributed by atoms with E-state index in [0.29, 0.717) is 25.9 Å². The number of halogens is 1. The van der Waals surface area contributed by atoms with Crippen molar-refractivity contribution in [1.82, 2.24) is 9.88 Å². The van der Waals surface area contributed by atoms with Gasteiger partial charge in [0.05, 0.1) is 6.10 Å². The highest BCUT2D eigenvalue weighted by molar-refractivity contribution is 5.90. The molecule has 1 unspecified atom stereocenters. The summed E-state index contributed by atoms with van der Waals surface area (Å²) in [6, 6.07) is 7.59. The van der Waals surface area contributed by atoms with Crippen LogP contribution in [0.4, 0.5) is 14.9 Å². The van der Waals surface area contributed by atoms with Crippen molar-refractivity contribution >= 4 is 11.7 Å². The van der Waals surface area contributed by atoms with Crippen LogP contribution in [-0.2, 0) is 0 Å². The van der Waals surface area contributed by atoms with Gasteiger partial charge >= 0.3 is 6.03 Å². The molecule has 0 aliphatic carbocycles. The van der Waals surface area contributed by atoms with Crippen LogP contribution in [0.25, 0.3) is 0 Å². The van der Waals surface area contributed by atoms with Gasteiger partial charge in [0.2, 0.25) is 0 Å². The van der Waals surface area contributed by atoms with Gasteiger partial charge in [0.25, 0.3) is 0 Å². The first-order chi connectivity index (χ1) is 12.0. The Morgan fingerprint density at radius 2 is 1.96 bits per heavy atom. The minimum absolute atomic E-state index is 0.0668. The molecule has 2 N–H and O–H groups in total. The number of amides is 2. The quantitative estimate of drug-likeness (QED) is 0.896. The summed E-state index contributed by atoms with van der Waals surface area (Å²) in [7, 11) is 0. The third kappa shape index (κ3) is 4.14. The van der Waals surface area contributed by atoms with Gasteiger partial charge in [-0.3, -0.25) is 4.98 Å². The number of hydrogen-bond donors (Lipinski definition) is 2. The van der Waals surface area contributed by atoms with Crippen molar-refractivity contribution in [1.29, 1.82) is 0 Å². The van der Waals surface area contributed by atoms with Crippen LogP contribution in [0.1, 0.15) is 30.1 Å². The number of rotatable bonds is 3. The van der Waals surface area contributed by atoms with Crippen LogP contribution in [0.15, 0.2) is 42.7 Å². The second-order valence-electron chi connectivity index (χ2n) is 6.44. The molecular weight excluding hydrogens is 321 g/mol. The molecule has 25 heavy (non-hydrogen) atoms. The van der Waals surface area contributed by atoms with Crippen molar-refractivity contribution in [2.75, 3.05) is 18.4 Å². The minimum Gasteiger partial charge on any atom is -0.388 e. The predicted molar refractivity (Wildman–Crippen MR) is 93.6 cm³/mol. The maximum absolute atomic E-state index is 13.0. The lowest BCUT2D eigenvalue weighted by molar-refractivity contribution is 0.0682. The standard InChI is InChI=1S/C19H22FN3O2/c1-13-12-21-9-6-17(13)22-19(25)23-10-7-15(8-11-23)18(24)14-2-4-16(20)5-3-14/h2-6,9,12,15,18,24H,7-8,10-11H2,1H3,(H,21,22,25). The second kappa shape index (κ2) is 7.61. The fourth-order valence-corrected chi connectivity index (χ4v) is 3.16. The van der Waals surface area contributed by atoms with E-state index < -0.39 is 6.10 Å². The number of carbonyl (C=O) groups excluding carboxylic acids is 1. The van der Waals surface area contributed by atoms with Gasteiger partial charge in [-0.2, -0.15) is 0 Å². The van der Waals surface area contributed by atoms with Crippen molar-refractivity contribution in [3.63, 3.8) is 0 Å². The van der Waals surface area contributed by atoms with E-state index >= 15 is 0 Å². The molecule has 3 rings (SSSR count). The number of likely N-dealkylation sites (tertiary alicyclic amines) is 1. The van der Waals surface area contributed by atoms with Crippen LogP contribution in [0, 0.1) is 18.7 Å². The summed E-state index contributed by atoms with van der Waals surface area (Å²) in [5, 5.41) is 13.4. The number of aromatic nitrogens is 1. The van der Waals surface area contributed by atoms with Crippen molar-refractivity contribution in [2.24, 2.45) is 5.92 Å². The van der Waals surface area contributed by atoms with E-state index in [1.54, 1.807) is 35.5 Å². The van der Waals surface area contributed by atoms with E-state index in [-0.39, 0.29) is 17.8 Å². The first-order valence-corrected chi connectivity index (χ1v) is 8.44. The fourth-order valence-electron chi connectivity index (χ4n) is 3.16. The van der Waals surface area contributed by atoms with Gasteiger partial charge < -0.3 is 15.3 Å². The summed E-state index contributed by atoms with van der Waals surface area (Å²) in [6.07, 6.45) is 4.14. The maximum atomic E-state index is 13.0. The van der Waals surface area contributed by atoms with Gasteiger partial charge in [-0.05, 0) is 55.0 Å². The van der Waals surface area contributed by atoms with E-state index in [1.807, 2.05) is 6.92 Å². The molecule has 0 saturated carbocycles. The molecule has 2 heterocycles. The Kier molecular flexibility index (Phi) is 5.28. The lowest BCUT2D eigenvalue weighted by atomic mass is 9.87. The van der Waals surface area contributed by atoms with Crippen molar-refractivity contribution in [3.05, 3.63) is 59.7 Å². The Hall–Kier alpha value is -2.47. The minimum atomic E-state index is -0.631. The average molecular weight is 343 g/mol.